The summed E-state index contributed by atoms with van der Waals surface area (Å²) < 4.78 is 0. The lowest BCUT2D eigenvalue weighted by Gasteiger charge is -2.21. The molecule has 4 heteroatoms. The van der Waals surface area contributed by atoms with Crippen molar-refractivity contribution in [2.45, 2.75) is 71.1 Å². The third kappa shape index (κ3) is 5.77. The number of carbonyl (C=O) groups excluding carboxylic acids is 1. The third-order valence-corrected chi connectivity index (χ3v) is 5.44. The minimum atomic E-state index is 0.110. The highest BCUT2D eigenvalue weighted by atomic mass is 32.1. The fourth-order valence-corrected chi connectivity index (χ4v) is 3.83. The summed E-state index contributed by atoms with van der Waals surface area (Å²) in [5.74, 6) is 1.46. The van der Waals surface area contributed by atoms with Gasteiger partial charge >= 0.3 is 0 Å². The monoisotopic (exact) mass is 308 g/mol. The largest absolute Gasteiger partial charge is 0.356 e. The number of nitrogens with zero attached hydrogens (tertiary/aromatic N) is 1. The second kappa shape index (κ2) is 8.52. The predicted molar refractivity (Wildman–Crippen MR) is 88.7 cm³/mol. The highest BCUT2D eigenvalue weighted by Gasteiger charge is 2.13. The highest BCUT2D eigenvalue weighted by Crippen LogP contribution is 2.27. The number of hydrogen-bond donors (Lipinski definition) is 1. The fraction of sp³-hybridized carbons (Fsp3) is 0.765. The van der Waals surface area contributed by atoms with Gasteiger partial charge in [0.1, 0.15) is 0 Å². The Hall–Kier alpha value is -0.900. The molecule has 1 heterocycles. The molecule has 1 fully saturated rings. The van der Waals surface area contributed by atoms with Crippen LogP contribution in [0.5, 0.6) is 0 Å². The van der Waals surface area contributed by atoms with Crippen LogP contribution in [0.25, 0.3) is 0 Å². The van der Waals surface area contributed by atoms with Gasteiger partial charge in [-0.3, -0.25) is 4.79 Å². The average molecular weight is 308 g/mol. The number of hydrogen-bond acceptors (Lipinski definition) is 3. The number of aromatic nitrogens is 1. The number of thiazole rings is 1. The summed E-state index contributed by atoms with van der Waals surface area (Å²) in [6, 6.07) is 0. The maximum absolute atomic E-state index is 11.9. The van der Waals surface area contributed by atoms with E-state index in [1.165, 1.54) is 38.5 Å². The first-order valence-electron chi connectivity index (χ1n) is 8.36. The quantitative estimate of drug-likeness (QED) is 0.764. The van der Waals surface area contributed by atoms with Crippen LogP contribution in [0, 0.1) is 5.92 Å². The van der Waals surface area contributed by atoms with E-state index in [2.05, 4.69) is 24.1 Å². The number of rotatable bonds is 7. The lowest BCUT2D eigenvalue weighted by molar-refractivity contribution is -0.120. The first kappa shape index (κ1) is 16.5. The van der Waals surface area contributed by atoms with E-state index in [4.69, 9.17) is 0 Å². The van der Waals surface area contributed by atoms with Crippen LogP contribution in [0.2, 0.25) is 0 Å². The van der Waals surface area contributed by atoms with Crippen LogP contribution in [-0.2, 0) is 11.2 Å². The number of nitrogens with one attached hydrogen (secondary N) is 1. The highest BCUT2D eigenvalue weighted by molar-refractivity contribution is 7.09. The Morgan fingerprint density at radius 2 is 2.14 bits per heavy atom. The maximum atomic E-state index is 11.9. The summed E-state index contributed by atoms with van der Waals surface area (Å²) in [6.45, 7) is 5.08. The molecule has 0 saturated heterocycles. The number of carbonyl (C=O) groups is 1. The zero-order valence-corrected chi connectivity index (χ0v) is 14.2. The molecule has 21 heavy (non-hydrogen) atoms. The molecule has 0 aliphatic heterocycles. The van der Waals surface area contributed by atoms with Crippen LogP contribution in [0.15, 0.2) is 5.38 Å². The molecule has 118 valence electrons. The first-order valence-corrected chi connectivity index (χ1v) is 9.24. The van der Waals surface area contributed by atoms with Gasteiger partial charge in [-0.2, -0.15) is 0 Å². The Morgan fingerprint density at radius 3 is 2.81 bits per heavy atom. The predicted octanol–water partition coefficient (Wildman–Crippen LogP) is 4.29. The van der Waals surface area contributed by atoms with Crippen molar-refractivity contribution in [2.75, 3.05) is 6.54 Å². The van der Waals surface area contributed by atoms with Crippen molar-refractivity contribution in [1.29, 1.82) is 0 Å². The fourth-order valence-electron chi connectivity index (χ4n) is 2.99. The maximum Gasteiger partial charge on any atom is 0.226 e. The second-order valence-corrected chi connectivity index (χ2v) is 7.39. The molecule has 0 bridgehead atoms. The first-order chi connectivity index (χ1) is 10.1. The van der Waals surface area contributed by atoms with Gasteiger partial charge < -0.3 is 5.32 Å². The van der Waals surface area contributed by atoms with E-state index in [1.807, 2.05) is 5.38 Å². The SMILES string of the molecule is CC(C)c1nc(CC(=O)NCCCC2CCCCC2)cs1. The molecule has 0 spiro atoms. The molecular formula is C17H28N2OS. The minimum absolute atomic E-state index is 0.110. The smallest absolute Gasteiger partial charge is 0.226 e. The van der Waals surface area contributed by atoms with Crippen LogP contribution in [0.3, 0.4) is 0 Å². The van der Waals surface area contributed by atoms with Gasteiger partial charge in [-0.15, -0.1) is 11.3 Å². The molecule has 1 N–H and O–H groups in total. The van der Waals surface area contributed by atoms with Crippen LogP contribution < -0.4 is 5.32 Å². The molecule has 1 aliphatic rings. The summed E-state index contributed by atoms with van der Waals surface area (Å²) >= 11 is 1.66. The lowest BCUT2D eigenvalue weighted by atomic mass is 9.86. The van der Waals surface area contributed by atoms with Gasteiger partial charge in [0.2, 0.25) is 5.91 Å². The lowest BCUT2D eigenvalue weighted by Crippen LogP contribution is -2.26. The zero-order valence-electron chi connectivity index (χ0n) is 13.4. The summed E-state index contributed by atoms with van der Waals surface area (Å²) in [5.41, 5.74) is 0.911. The molecule has 1 amide bonds. The van der Waals surface area contributed by atoms with Crippen molar-refractivity contribution in [3.05, 3.63) is 16.1 Å². The van der Waals surface area contributed by atoms with E-state index in [1.54, 1.807) is 11.3 Å². The molecule has 0 atom stereocenters. The summed E-state index contributed by atoms with van der Waals surface area (Å²) in [5, 5.41) is 6.17. The van der Waals surface area contributed by atoms with Gasteiger partial charge in [-0.1, -0.05) is 46.0 Å². The molecule has 0 unspecified atom stereocenters. The topological polar surface area (TPSA) is 42.0 Å². The molecule has 2 rings (SSSR count). The Morgan fingerprint density at radius 1 is 1.38 bits per heavy atom. The van der Waals surface area contributed by atoms with Crippen molar-refractivity contribution in [3.63, 3.8) is 0 Å². The van der Waals surface area contributed by atoms with Crippen molar-refractivity contribution in [1.82, 2.24) is 10.3 Å². The van der Waals surface area contributed by atoms with Gasteiger partial charge in [-0.05, 0) is 18.8 Å². The molecule has 1 aliphatic carbocycles. The van der Waals surface area contributed by atoms with E-state index in [9.17, 15) is 4.79 Å². The molecule has 0 aromatic carbocycles. The van der Waals surface area contributed by atoms with Gasteiger partial charge in [0.25, 0.3) is 0 Å². The van der Waals surface area contributed by atoms with Crippen LogP contribution in [0.1, 0.15) is 75.4 Å². The van der Waals surface area contributed by atoms with Gasteiger partial charge in [0, 0.05) is 17.8 Å². The van der Waals surface area contributed by atoms with Crippen LogP contribution in [0.4, 0.5) is 0 Å². The molecule has 0 radical (unpaired) electrons. The Labute approximate surface area is 132 Å². The Balaban J connectivity index is 1.60. The Bertz CT molecular complexity index is 436. The van der Waals surface area contributed by atoms with Crippen molar-refractivity contribution in [3.8, 4) is 0 Å². The molecular weight excluding hydrogens is 280 g/mol. The number of amides is 1. The van der Waals surface area contributed by atoms with Crippen molar-refractivity contribution < 1.29 is 4.79 Å². The van der Waals surface area contributed by atoms with Crippen molar-refractivity contribution >= 4 is 17.2 Å². The molecule has 1 saturated carbocycles. The third-order valence-electron chi connectivity index (χ3n) is 4.24. The molecule has 1 aromatic rings. The molecule has 1 aromatic heterocycles. The summed E-state index contributed by atoms with van der Waals surface area (Å²) in [6.07, 6.45) is 9.82. The average Bonchev–Trinajstić information content (AvgIpc) is 2.93. The van der Waals surface area contributed by atoms with E-state index in [-0.39, 0.29) is 5.91 Å². The van der Waals surface area contributed by atoms with Gasteiger partial charge in [-0.25, -0.2) is 4.98 Å². The second-order valence-electron chi connectivity index (χ2n) is 6.50. The van der Waals surface area contributed by atoms with Crippen LogP contribution in [-0.4, -0.2) is 17.4 Å². The zero-order chi connectivity index (χ0) is 15.1. The summed E-state index contributed by atoms with van der Waals surface area (Å²) in [7, 11) is 0. The van der Waals surface area contributed by atoms with E-state index in [0.29, 0.717) is 12.3 Å². The van der Waals surface area contributed by atoms with Gasteiger partial charge in [0.05, 0.1) is 17.1 Å². The molecule has 3 nitrogen and oxygen atoms in total. The standard InChI is InChI=1S/C17H28N2OS/c1-13(2)17-19-15(12-21-17)11-16(20)18-10-6-9-14-7-4-3-5-8-14/h12-14H,3-11H2,1-2H3,(H,18,20). The van der Waals surface area contributed by atoms with E-state index < -0.39 is 0 Å². The van der Waals surface area contributed by atoms with Gasteiger partial charge in [0.15, 0.2) is 0 Å². The summed E-state index contributed by atoms with van der Waals surface area (Å²) in [4.78, 5) is 16.4. The Kier molecular flexibility index (Phi) is 6.68. The van der Waals surface area contributed by atoms with Crippen LogP contribution >= 0.6 is 11.3 Å². The van der Waals surface area contributed by atoms with Crippen molar-refractivity contribution in [2.24, 2.45) is 5.92 Å². The van der Waals surface area contributed by atoms with E-state index >= 15 is 0 Å². The minimum Gasteiger partial charge on any atom is -0.356 e. The normalized spacial score (nSPS) is 16.3. The van der Waals surface area contributed by atoms with E-state index in [0.717, 1.165) is 29.6 Å².